The van der Waals surface area contributed by atoms with Crippen molar-refractivity contribution in [1.29, 1.82) is 0 Å². The third-order valence-electron chi connectivity index (χ3n) is 3.68. The maximum Gasteiger partial charge on any atom is 0.333 e. The zero-order valence-corrected chi connectivity index (χ0v) is 19.3. The molecular formula is C22H38O9. The summed E-state index contributed by atoms with van der Waals surface area (Å²) in [5.41, 5.74) is 0.879. The number of carbonyl (C=O) groups excluding carboxylic acids is 2. The number of carbonyl (C=O) groups is 2. The number of hydrogen-bond donors (Lipinski definition) is 0. The Morgan fingerprint density at radius 3 is 1.97 bits per heavy atom. The number of hydrogen-bond acceptors (Lipinski definition) is 9. The Labute approximate surface area is 185 Å². The number of methoxy groups -OCH3 is 1. The lowest BCUT2D eigenvalue weighted by Gasteiger charge is -2.13. The lowest BCUT2D eigenvalue weighted by atomic mass is 10.2. The van der Waals surface area contributed by atoms with Crippen molar-refractivity contribution < 1.29 is 42.7 Å². The number of rotatable bonds is 20. The van der Waals surface area contributed by atoms with Crippen molar-refractivity contribution in [3.63, 3.8) is 0 Å². The first kappa shape index (κ1) is 29.2. The van der Waals surface area contributed by atoms with Crippen LogP contribution in [-0.2, 0) is 42.7 Å². The summed E-state index contributed by atoms with van der Waals surface area (Å²) in [7, 11) is 1.62. The molecule has 0 N–H and O–H groups in total. The summed E-state index contributed by atoms with van der Waals surface area (Å²) in [6, 6.07) is 0. The van der Waals surface area contributed by atoms with Gasteiger partial charge in [0.05, 0.1) is 59.5 Å². The lowest BCUT2D eigenvalue weighted by Crippen LogP contribution is -2.22. The summed E-state index contributed by atoms with van der Waals surface area (Å²) in [5, 5.41) is 0. The molecule has 0 heterocycles. The molecule has 0 aromatic heterocycles. The van der Waals surface area contributed by atoms with Gasteiger partial charge in [0, 0.05) is 18.3 Å². The molecule has 0 amide bonds. The van der Waals surface area contributed by atoms with Crippen LogP contribution < -0.4 is 0 Å². The van der Waals surface area contributed by atoms with Crippen LogP contribution in [0.3, 0.4) is 0 Å². The smallest absolute Gasteiger partial charge is 0.333 e. The minimum Gasteiger partial charge on any atom is -0.460 e. The lowest BCUT2D eigenvalue weighted by molar-refractivity contribution is -0.147. The van der Waals surface area contributed by atoms with Crippen LogP contribution >= 0.6 is 0 Å². The molecular weight excluding hydrogens is 408 g/mol. The molecule has 9 nitrogen and oxygen atoms in total. The molecule has 31 heavy (non-hydrogen) atoms. The fourth-order valence-electron chi connectivity index (χ4n) is 2.00. The van der Waals surface area contributed by atoms with Gasteiger partial charge in [-0.05, 0) is 27.2 Å². The predicted octanol–water partition coefficient (Wildman–Crippen LogP) is 2.09. The van der Waals surface area contributed by atoms with E-state index < -0.39 is 5.97 Å². The van der Waals surface area contributed by atoms with Crippen molar-refractivity contribution in [1.82, 2.24) is 0 Å². The summed E-state index contributed by atoms with van der Waals surface area (Å²) < 4.78 is 36.5. The highest BCUT2D eigenvalue weighted by atomic mass is 16.6. The largest absolute Gasteiger partial charge is 0.460 e. The van der Waals surface area contributed by atoms with E-state index in [0.717, 1.165) is 0 Å². The third-order valence-corrected chi connectivity index (χ3v) is 3.68. The SMILES string of the molecule is C=C(C)C(=O)OC(C)COCCOCCOC(=O)C(C)=CCCOCCOCCOC. The van der Waals surface area contributed by atoms with Gasteiger partial charge < -0.3 is 33.2 Å². The molecule has 1 unspecified atom stereocenters. The molecule has 0 aliphatic rings. The molecule has 9 heteroatoms. The average molecular weight is 447 g/mol. The fourth-order valence-corrected chi connectivity index (χ4v) is 2.00. The molecule has 0 rings (SSSR count). The van der Waals surface area contributed by atoms with E-state index in [2.05, 4.69) is 6.58 Å². The number of ether oxygens (including phenoxy) is 7. The molecule has 0 fully saturated rings. The molecule has 180 valence electrons. The Bertz CT molecular complexity index is 531. The highest BCUT2D eigenvalue weighted by Crippen LogP contribution is 2.00. The van der Waals surface area contributed by atoms with E-state index in [9.17, 15) is 9.59 Å². The minimum absolute atomic E-state index is 0.159. The Hall–Kier alpha value is -1.78. The van der Waals surface area contributed by atoms with Crippen LogP contribution in [0.15, 0.2) is 23.8 Å². The van der Waals surface area contributed by atoms with Crippen molar-refractivity contribution >= 4 is 11.9 Å². The summed E-state index contributed by atoms with van der Waals surface area (Å²) in [6.07, 6.45) is 2.04. The van der Waals surface area contributed by atoms with Gasteiger partial charge >= 0.3 is 11.9 Å². The predicted molar refractivity (Wildman–Crippen MR) is 115 cm³/mol. The van der Waals surface area contributed by atoms with E-state index in [1.807, 2.05) is 0 Å². The van der Waals surface area contributed by atoms with Crippen molar-refractivity contribution in [2.45, 2.75) is 33.3 Å². The van der Waals surface area contributed by atoms with Crippen molar-refractivity contribution in [3.05, 3.63) is 23.8 Å². The van der Waals surface area contributed by atoms with E-state index in [1.54, 1.807) is 34.0 Å². The summed E-state index contributed by atoms with van der Waals surface area (Å²) in [6.45, 7) is 12.6. The average Bonchev–Trinajstić information content (AvgIpc) is 2.73. The van der Waals surface area contributed by atoms with Gasteiger partial charge in [-0.1, -0.05) is 12.7 Å². The van der Waals surface area contributed by atoms with Crippen LogP contribution in [0.4, 0.5) is 0 Å². The molecule has 0 radical (unpaired) electrons. The van der Waals surface area contributed by atoms with Gasteiger partial charge in [0.15, 0.2) is 0 Å². The van der Waals surface area contributed by atoms with Crippen LogP contribution in [0.1, 0.15) is 27.2 Å². The second kappa shape index (κ2) is 20.1. The monoisotopic (exact) mass is 446 g/mol. The Balaban J connectivity index is 3.58. The molecule has 0 bridgehead atoms. The molecule has 0 aromatic rings. The fraction of sp³-hybridized carbons (Fsp3) is 0.727. The minimum atomic E-state index is -0.436. The normalized spacial score (nSPS) is 12.5. The molecule has 0 aliphatic heterocycles. The zero-order valence-electron chi connectivity index (χ0n) is 19.3. The van der Waals surface area contributed by atoms with Gasteiger partial charge in [-0.3, -0.25) is 0 Å². The number of esters is 2. The Kier molecular flexibility index (Phi) is 19.0. The highest BCUT2D eigenvalue weighted by Gasteiger charge is 2.10. The summed E-state index contributed by atoms with van der Waals surface area (Å²) in [4.78, 5) is 23.2. The van der Waals surface area contributed by atoms with E-state index >= 15 is 0 Å². The topological polar surface area (TPSA) is 98.8 Å². The van der Waals surface area contributed by atoms with Crippen LogP contribution in [0.25, 0.3) is 0 Å². The van der Waals surface area contributed by atoms with Gasteiger partial charge in [-0.15, -0.1) is 0 Å². The standard InChI is InChI=1S/C22H38O9/c1-18(2)21(23)31-20(4)17-29-14-13-28-15-16-30-22(24)19(3)7-6-8-26-11-12-27-10-9-25-5/h7,20H,1,6,8-17H2,2-5H3. The van der Waals surface area contributed by atoms with Crippen molar-refractivity contribution in [2.75, 3.05) is 73.2 Å². The quantitative estimate of drug-likeness (QED) is 0.158. The van der Waals surface area contributed by atoms with Crippen LogP contribution in [0.5, 0.6) is 0 Å². The molecule has 0 aromatic carbocycles. The molecule has 0 spiro atoms. The summed E-state index contributed by atoms with van der Waals surface area (Å²) in [5.74, 6) is -0.815. The Morgan fingerprint density at radius 1 is 0.806 bits per heavy atom. The van der Waals surface area contributed by atoms with E-state index in [4.69, 9.17) is 33.2 Å². The van der Waals surface area contributed by atoms with Gasteiger partial charge in [0.2, 0.25) is 0 Å². The summed E-state index contributed by atoms with van der Waals surface area (Å²) >= 11 is 0. The molecule has 0 saturated carbocycles. The zero-order chi connectivity index (χ0) is 23.3. The van der Waals surface area contributed by atoms with Gasteiger partial charge in [0.1, 0.15) is 12.7 Å². The van der Waals surface area contributed by atoms with Gasteiger partial charge in [-0.25, -0.2) is 9.59 Å². The van der Waals surface area contributed by atoms with E-state index in [1.165, 1.54) is 0 Å². The molecule has 0 saturated heterocycles. The first-order chi connectivity index (χ1) is 14.9. The molecule has 1 atom stereocenters. The van der Waals surface area contributed by atoms with E-state index in [0.29, 0.717) is 63.8 Å². The second-order valence-corrected chi connectivity index (χ2v) is 6.71. The third kappa shape index (κ3) is 18.7. The first-order valence-electron chi connectivity index (χ1n) is 10.4. The second-order valence-electron chi connectivity index (χ2n) is 6.71. The van der Waals surface area contributed by atoms with E-state index in [-0.39, 0.29) is 31.9 Å². The Morgan fingerprint density at radius 2 is 1.35 bits per heavy atom. The maximum absolute atomic E-state index is 11.9. The maximum atomic E-state index is 11.9. The van der Waals surface area contributed by atoms with Crippen molar-refractivity contribution in [2.24, 2.45) is 0 Å². The molecule has 0 aliphatic carbocycles. The van der Waals surface area contributed by atoms with Gasteiger partial charge in [0.25, 0.3) is 0 Å². The highest BCUT2D eigenvalue weighted by molar-refractivity contribution is 5.87. The van der Waals surface area contributed by atoms with Crippen LogP contribution in [-0.4, -0.2) is 91.2 Å². The van der Waals surface area contributed by atoms with Crippen molar-refractivity contribution in [3.8, 4) is 0 Å². The van der Waals surface area contributed by atoms with Crippen LogP contribution in [0.2, 0.25) is 0 Å². The van der Waals surface area contributed by atoms with Gasteiger partial charge in [-0.2, -0.15) is 0 Å². The van der Waals surface area contributed by atoms with Crippen LogP contribution in [0, 0.1) is 0 Å². The first-order valence-corrected chi connectivity index (χ1v) is 10.4.